The van der Waals surface area contributed by atoms with E-state index in [1.807, 2.05) is 35.2 Å². The lowest BCUT2D eigenvalue weighted by Crippen LogP contribution is -2.43. The number of H-pyrrole nitrogens is 1. The van der Waals surface area contributed by atoms with E-state index in [9.17, 15) is 9.59 Å². The molecule has 150 valence electrons. The fourth-order valence-electron chi connectivity index (χ4n) is 3.92. The van der Waals surface area contributed by atoms with Crippen molar-refractivity contribution in [1.29, 1.82) is 0 Å². The molecule has 0 bridgehead atoms. The van der Waals surface area contributed by atoms with Gasteiger partial charge in [0, 0.05) is 24.7 Å². The molecule has 2 N–H and O–H groups in total. The molecule has 1 saturated heterocycles. The molecule has 8 heteroatoms. The Balaban J connectivity index is 1.40. The molecule has 2 aromatic heterocycles. The van der Waals surface area contributed by atoms with Crippen LogP contribution in [0.5, 0.6) is 0 Å². The van der Waals surface area contributed by atoms with Crippen LogP contribution < -0.4 is 15.8 Å². The van der Waals surface area contributed by atoms with Crippen molar-refractivity contribution in [2.45, 2.75) is 44.2 Å². The van der Waals surface area contributed by atoms with Crippen LogP contribution in [0.4, 0.5) is 5.13 Å². The maximum absolute atomic E-state index is 12.8. The summed E-state index contributed by atoms with van der Waals surface area (Å²) < 4.78 is 0.725. The standard InChI is InChI=1S/C21H21ClN4O2S/c22-15-16(13-8-9-13)24-20(28)17-18(15)29-21(25-17)26-10-4-7-14(26)19(27)23-11-12-5-2-1-3-6-12/h1-3,5-6,13-14H,4,7-11H2,(H,23,27)(H,24,28). The van der Waals surface area contributed by atoms with Gasteiger partial charge in [-0.05, 0) is 31.2 Å². The highest BCUT2D eigenvalue weighted by molar-refractivity contribution is 7.22. The molecule has 1 unspecified atom stereocenters. The minimum absolute atomic E-state index is 0.00992. The Labute approximate surface area is 176 Å². The molecule has 1 saturated carbocycles. The zero-order chi connectivity index (χ0) is 20.0. The van der Waals surface area contributed by atoms with Crippen molar-refractivity contribution in [2.24, 2.45) is 0 Å². The second-order valence-electron chi connectivity index (χ2n) is 7.69. The Bertz CT molecular complexity index is 1120. The van der Waals surface area contributed by atoms with E-state index in [2.05, 4.69) is 15.3 Å². The average molecular weight is 429 g/mol. The van der Waals surface area contributed by atoms with E-state index in [4.69, 9.17) is 11.6 Å². The molecule has 2 fully saturated rings. The van der Waals surface area contributed by atoms with Gasteiger partial charge in [0.25, 0.3) is 5.56 Å². The number of rotatable bonds is 5. The van der Waals surface area contributed by atoms with E-state index in [1.165, 1.54) is 11.3 Å². The Morgan fingerprint density at radius 1 is 1.28 bits per heavy atom. The number of fused-ring (bicyclic) bond motifs is 1. The summed E-state index contributed by atoms with van der Waals surface area (Å²) in [6.07, 6.45) is 3.80. The number of carbonyl (C=O) groups excluding carboxylic acids is 1. The van der Waals surface area contributed by atoms with Crippen LogP contribution in [0.15, 0.2) is 35.1 Å². The summed E-state index contributed by atoms with van der Waals surface area (Å²) in [5.41, 5.74) is 2.07. The third-order valence-corrected chi connectivity index (χ3v) is 7.23. The highest BCUT2D eigenvalue weighted by atomic mass is 35.5. The van der Waals surface area contributed by atoms with Gasteiger partial charge in [0.15, 0.2) is 10.6 Å². The van der Waals surface area contributed by atoms with Gasteiger partial charge < -0.3 is 15.2 Å². The summed E-state index contributed by atoms with van der Waals surface area (Å²) >= 11 is 8.00. The number of hydrogen-bond donors (Lipinski definition) is 2. The number of nitrogens with zero attached hydrogens (tertiary/aromatic N) is 2. The largest absolute Gasteiger partial charge is 0.350 e. The lowest BCUT2D eigenvalue weighted by atomic mass is 10.2. The van der Waals surface area contributed by atoms with Crippen molar-refractivity contribution in [3.05, 3.63) is 57.0 Å². The maximum atomic E-state index is 12.8. The number of anilines is 1. The first kappa shape index (κ1) is 18.6. The Kier molecular flexibility index (Phi) is 4.80. The van der Waals surface area contributed by atoms with Crippen molar-refractivity contribution in [3.8, 4) is 0 Å². The Hall–Kier alpha value is -2.38. The second kappa shape index (κ2) is 7.46. The van der Waals surface area contributed by atoms with Gasteiger partial charge in [0.05, 0.1) is 9.72 Å². The van der Waals surface area contributed by atoms with Crippen LogP contribution in [0.1, 0.15) is 42.9 Å². The van der Waals surface area contributed by atoms with Crippen molar-refractivity contribution in [1.82, 2.24) is 15.3 Å². The third kappa shape index (κ3) is 3.53. The van der Waals surface area contributed by atoms with Crippen molar-refractivity contribution < 1.29 is 4.79 Å². The summed E-state index contributed by atoms with van der Waals surface area (Å²) in [7, 11) is 0. The number of carbonyl (C=O) groups is 1. The molecule has 1 aliphatic carbocycles. The molecular formula is C21H21ClN4O2S. The predicted octanol–water partition coefficient (Wildman–Crippen LogP) is 3.80. The van der Waals surface area contributed by atoms with E-state index in [0.717, 1.165) is 48.2 Å². The molecule has 0 spiro atoms. The molecule has 6 nitrogen and oxygen atoms in total. The molecule has 29 heavy (non-hydrogen) atoms. The van der Waals surface area contributed by atoms with Crippen LogP contribution in [0.3, 0.4) is 0 Å². The van der Waals surface area contributed by atoms with Crippen LogP contribution in [-0.4, -0.2) is 28.5 Å². The van der Waals surface area contributed by atoms with Crippen LogP contribution >= 0.6 is 22.9 Å². The quantitative estimate of drug-likeness (QED) is 0.647. The smallest absolute Gasteiger partial charge is 0.275 e. The molecule has 1 amide bonds. The number of halogens is 1. The van der Waals surface area contributed by atoms with Crippen LogP contribution in [-0.2, 0) is 11.3 Å². The molecule has 1 aliphatic heterocycles. The fraction of sp³-hybridized carbons (Fsp3) is 0.381. The van der Waals surface area contributed by atoms with E-state index < -0.39 is 0 Å². The summed E-state index contributed by atoms with van der Waals surface area (Å²) in [6, 6.07) is 9.58. The fourth-order valence-corrected chi connectivity index (χ4v) is 5.41. The highest BCUT2D eigenvalue weighted by Gasteiger charge is 2.34. The lowest BCUT2D eigenvalue weighted by Gasteiger charge is -2.23. The first-order valence-electron chi connectivity index (χ1n) is 9.92. The topological polar surface area (TPSA) is 78.1 Å². The zero-order valence-electron chi connectivity index (χ0n) is 15.8. The van der Waals surface area contributed by atoms with Gasteiger partial charge in [-0.1, -0.05) is 53.3 Å². The van der Waals surface area contributed by atoms with Gasteiger partial charge >= 0.3 is 0 Å². The predicted molar refractivity (Wildman–Crippen MR) is 116 cm³/mol. The third-order valence-electron chi connectivity index (χ3n) is 5.61. The Morgan fingerprint density at radius 3 is 2.83 bits per heavy atom. The van der Waals surface area contributed by atoms with Gasteiger partial charge in [-0.3, -0.25) is 9.59 Å². The summed E-state index contributed by atoms with van der Waals surface area (Å²) in [5, 5.41) is 4.33. The number of amides is 1. The molecule has 5 rings (SSSR count). The van der Waals surface area contributed by atoms with E-state index in [-0.39, 0.29) is 17.5 Å². The van der Waals surface area contributed by atoms with Gasteiger partial charge in [0.2, 0.25) is 5.91 Å². The van der Waals surface area contributed by atoms with Crippen molar-refractivity contribution in [2.75, 3.05) is 11.4 Å². The number of benzene rings is 1. The highest BCUT2D eigenvalue weighted by Crippen LogP contribution is 2.45. The first-order chi connectivity index (χ1) is 14.1. The number of nitrogens with one attached hydrogen (secondary N) is 2. The number of hydrogen-bond acceptors (Lipinski definition) is 5. The summed E-state index contributed by atoms with van der Waals surface area (Å²) in [4.78, 5) is 34.8. The summed E-state index contributed by atoms with van der Waals surface area (Å²) in [5.74, 6) is 0.345. The van der Waals surface area contributed by atoms with Crippen molar-refractivity contribution >= 4 is 44.2 Å². The van der Waals surface area contributed by atoms with Gasteiger partial charge in [-0.15, -0.1) is 0 Å². The molecular weight excluding hydrogens is 408 g/mol. The number of aromatic nitrogens is 2. The lowest BCUT2D eigenvalue weighted by molar-refractivity contribution is -0.122. The molecule has 2 aliphatic rings. The van der Waals surface area contributed by atoms with Crippen molar-refractivity contribution in [3.63, 3.8) is 0 Å². The zero-order valence-corrected chi connectivity index (χ0v) is 17.4. The van der Waals surface area contributed by atoms with Crippen LogP contribution in [0, 0.1) is 0 Å². The SMILES string of the molecule is O=C(NCc1ccccc1)C1CCCN1c1nc2c(=O)[nH]c(C3CC3)c(Cl)c2s1. The number of pyridine rings is 1. The van der Waals surface area contributed by atoms with Crippen LogP contribution in [0.25, 0.3) is 10.2 Å². The number of thiazole rings is 1. The Morgan fingerprint density at radius 2 is 2.07 bits per heavy atom. The monoisotopic (exact) mass is 428 g/mol. The van der Waals surface area contributed by atoms with E-state index in [1.54, 1.807) is 0 Å². The van der Waals surface area contributed by atoms with E-state index >= 15 is 0 Å². The first-order valence-corrected chi connectivity index (χ1v) is 11.1. The van der Waals surface area contributed by atoms with Crippen LogP contribution in [0.2, 0.25) is 5.02 Å². The average Bonchev–Trinajstić information content (AvgIpc) is 3.27. The van der Waals surface area contributed by atoms with Gasteiger partial charge in [-0.25, -0.2) is 4.98 Å². The molecule has 1 atom stereocenters. The number of aromatic amines is 1. The minimum Gasteiger partial charge on any atom is -0.350 e. The normalized spacial score (nSPS) is 19.1. The van der Waals surface area contributed by atoms with E-state index in [0.29, 0.717) is 28.1 Å². The molecule has 1 aromatic carbocycles. The summed E-state index contributed by atoms with van der Waals surface area (Å²) in [6.45, 7) is 1.24. The van der Waals surface area contributed by atoms with Gasteiger partial charge in [0.1, 0.15) is 6.04 Å². The maximum Gasteiger partial charge on any atom is 0.275 e. The molecule has 3 aromatic rings. The van der Waals surface area contributed by atoms with Gasteiger partial charge in [-0.2, -0.15) is 0 Å². The minimum atomic E-state index is -0.278. The second-order valence-corrected chi connectivity index (χ2v) is 9.04. The molecule has 0 radical (unpaired) electrons. The molecule has 3 heterocycles.